The molecule has 0 atom stereocenters. The molecule has 7 heteroatoms. The fourth-order valence-corrected chi connectivity index (χ4v) is 2.68. The fourth-order valence-electron chi connectivity index (χ4n) is 2.36. The molecule has 0 spiro atoms. The van der Waals surface area contributed by atoms with Gasteiger partial charge < -0.3 is 9.72 Å². The molecule has 0 aliphatic carbocycles. The number of fused-ring (bicyclic) bond motifs is 1. The Hall–Kier alpha value is -2.37. The molecule has 0 aliphatic heterocycles. The van der Waals surface area contributed by atoms with Crippen molar-refractivity contribution in [3.63, 3.8) is 0 Å². The van der Waals surface area contributed by atoms with Crippen molar-refractivity contribution in [3.05, 3.63) is 73.7 Å². The summed E-state index contributed by atoms with van der Waals surface area (Å²) in [4.78, 5) is 31.0. The largest absolute Gasteiger partial charge is 0.465 e. The van der Waals surface area contributed by atoms with Crippen LogP contribution in [0.5, 0.6) is 0 Å². The first-order chi connectivity index (χ1) is 11.5. The van der Waals surface area contributed by atoms with E-state index in [9.17, 15) is 9.59 Å². The summed E-state index contributed by atoms with van der Waals surface area (Å²) in [5.74, 6) is -0.0158. The molecule has 0 saturated heterocycles. The monoisotopic (exact) mass is 362 g/mol. The third-order valence-electron chi connectivity index (χ3n) is 3.53. The lowest BCUT2D eigenvalue weighted by Crippen LogP contribution is -2.13. The Morgan fingerprint density at radius 1 is 1.17 bits per heavy atom. The highest BCUT2D eigenvalue weighted by Crippen LogP contribution is 2.23. The summed E-state index contributed by atoms with van der Waals surface area (Å²) in [5.41, 5.74) is 1.35. The van der Waals surface area contributed by atoms with Gasteiger partial charge in [0.25, 0.3) is 5.56 Å². The molecule has 3 aromatic rings. The SMILES string of the molecule is COC(=O)c1ccc2c(=O)[nH]c(Cc3ccc(Cl)c(Cl)c3)nc2c1. The molecular formula is C17H12Cl2N2O3. The van der Waals surface area contributed by atoms with Crippen LogP contribution in [0.15, 0.2) is 41.2 Å². The number of hydrogen-bond acceptors (Lipinski definition) is 4. The molecule has 122 valence electrons. The number of esters is 1. The summed E-state index contributed by atoms with van der Waals surface area (Å²) >= 11 is 11.9. The molecule has 0 radical (unpaired) electrons. The second-order valence-corrected chi connectivity index (χ2v) is 5.98. The Labute approximate surface area is 147 Å². The zero-order chi connectivity index (χ0) is 17.3. The van der Waals surface area contributed by atoms with Gasteiger partial charge in [0.05, 0.1) is 33.6 Å². The van der Waals surface area contributed by atoms with Gasteiger partial charge in [-0.15, -0.1) is 0 Å². The van der Waals surface area contributed by atoms with Gasteiger partial charge in [-0.2, -0.15) is 0 Å². The Kier molecular flexibility index (Phi) is 4.55. The standard InChI is InChI=1S/C17H12Cl2N2O3/c1-24-17(23)10-3-4-11-14(8-10)20-15(21-16(11)22)7-9-2-5-12(18)13(19)6-9/h2-6,8H,7H2,1H3,(H,20,21,22). The molecule has 2 aromatic carbocycles. The number of nitrogens with zero attached hydrogens (tertiary/aromatic N) is 1. The minimum atomic E-state index is -0.481. The molecule has 1 N–H and O–H groups in total. The first-order valence-corrected chi connectivity index (χ1v) is 7.78. The van der Waals surface area contributed by atoms with Crippen LogP contribution in [-0.2, 0) is 11.2 Å². The summed E-state index contributed by atoms with van der Waals surface area (Å²) in [5, 5.41) is 1.30. The van der Waals surface area contributed by atoms with Gasteiger partial charge in [-0.3, -0.25) is 4.79 Å². The van der Waals surface area contributed by atoms with Gasteiger partial charge in [-0.1, -0.05) is 29.3 Å². The lowest BCUT2D eigenvalue weighted by molar-refractivity contribution is 0.0601. The zero-order valence-electron chi connectivity index (χ0n) is 12.6. The van der Waals surface area contributed by atoms with Crippen LogP contribution in [0.1, 0.15) is 21.7 Å². The molecule has 5 nitrogen and oxygen atoms in total. The van der Waals surface area contributed by atoms with Gasteiger partial charge in [-0.05, 0) is 35.9 Å². The van der Waals surface area contributed by atoms with Crippen LogP contribution < -0.4 is 5.56 Å². The number of carbonyl (C=O) groups is 1. The summed E-state index contributed by atoms with van der Waals surface area (Å²) in [6, 6.07) is 9.84. The molecule has 0 fully saturated rings. The Morgan fingerprint density at radius 2 is 1.96 bits per heavy atom. The predicted molar refractivity (Wildman–Crippen MR) is 93.0 cm³/mol. The number of methoxy groups -OCH3 is 1. The summed E-state index contributed by atoms with van der Waals surface area (Å²) in [6.07, 6.45) is 0.379. The number of rotatable bonds is 3. The van der Waals surface area contributed by atoms with Crippen molar-refractivity contribution in [2.24, 2.45) is 0 Å². The fraction of sp³-hybridized carbons (Fsp3) is 0.118. The zero-order valence-corrected chi connectivity index (χ0v) is 14.1. The van der Waals surface area contributed by atoms with E-state index in [4.69, 9.17) is 23.2 Å². The number of carbonyl (C=O) groups excluding carboxylic acids is 1. The molecule has 1 heterocycles. The topological polar surface area (TPSA) is 72.1 Å². The highest BCUT2D eigenvalue weighted by Gasteiger charge is 2.10. The normalized spacial score (nSPS) is 10.8. The highest BCUT2D eigenvalue weighted by atomic mass is 35.5. The lowest BCUT2D eigenvalue weighted by atomic mass is 10.1. The van der Waals surface area contributed by atoms with E-state index >= 15 is 0 Å². The van der Waals surface area contributed by atoms with Gasteiger partial charge in [0.1, 0.15) is 5.82 Å². The van der Waals surface area contributed by atoms with Gasteiger partial charge in [0.15, 0.2) is 0 Å². The minimum absolute atomic E-state index is 0.272. The van der Waals surface area contributed by atoms with Gasteiger partial charge >= 0.3 is 5.97 Å². The van der Waals surface area contributed by atoms with Gasteiger partial charge in [0, 0.05) is 6.42 Å². The molecule has 1 aromatic heterocycles. The van der Waals surface area contributed by atoms with E-state index in [1.807, 2.05) is 6.07 Å². The van der Waals surface area contributed by atoms with Crippen molar-refractivity contribution >= 4 is 40.1 Å². The minimum Gasteiger partial charge on any atom is -0.465 e. The number of hydrogen-bond donors (Lipinski definition) is 1. The first kappa shape index (κ1) is 16.5. The Morgan fingerprint density at radius 3 is 2.67 bits per heavy atom. The van der Waals surface area contributed by atoms with Crippen molar-refractivity contribution < 1.29 is 9.53 Å². The molecule has 0 unspecified atom stereocenters. The van der Waals surface area contributed by atoms with Crippen LogP contribution in [0.4, 0.5) is 0 Å². The maximum atomic E-state index is 12.2. The predicted octanol–water partition coefficient (Wildman–Crippen LogP) is 3.61. The van der Waals surface area contributed by atoms with Crippen molar-refractivity contribution in [3.8, 4) is 0 Å². The van der Waals surface area contributed by atoms with Gasteiger partial charge in [-0.25, -0.2) is 9.78 Å². The smallest absolute Gasteiger partial charge is 0.337 e. The van der Waals surface area contributed by atoms with Crippen LogP contribution in [-0.4, -0.2) is 23.0 Å². The van der Waals surface area contributed by atoms with Crippen LogP contribution in [0.3, 0.4) is 0 Å². The molecule has 0 bridgehead atoms. The second kappa shape index (κ2) is 6.63. The van der Waals surface area contributed by atoms with Crippen LogP contribution in [0.2, 0.25) is 10.0 Å². The maximum Gasteiger partial charge on any atom is 0.337 e. The summed E-state index contributed by atoms with van der Waals surface area (Å²) in [6.45, 7) is 0. The van der Waals surface area contributed by atoms with Crippen molar-refractivity contribution in [2.75, 3.05) is 7.11 Å². The number of benzene rings is 2. The quantitative estimate of drug-likeness (QED) is 0.722. The van der Waals surface area contributed by atoms with E-state index < -0.39 is 5.97 Å². The molecular weight excluding hydrogens is 351 g/mol. The van der Waals surface area contributed by atoms with Crippen LogP contribution in [0, 0.1) is 0 Å². The molecule has 3 rings (SSSR count). The van der Waals surface area contributed by atoms with E-state index in [1.54, 1.807) is 18.2 Å². The number of halogens is 2. The second-order valence-electron chi connectivity index (χ2n) is 5.16. The third-order valence-corrected chi connectivity index (χ3v) is 4.27. The Bertz CT molecular complexity index is 999. The summed E-state index contributed by atoms with van der Waals surface area (Å²) in [7, 11) is 1.30. The average molecular weight is 363 g/mol. The van der Waals surface area contributed by atoms with E-state index in [0.717, 1.165) is 5.56 Å². The molecule has 24 heavy (non-hydrogen) atoms. The molecule has 0 saturated carbocycles. The average Bonchev–Trinajstić information content (AvgIpc) is 2.57. The number of ether oxygens (including phenoxy) is 1. The number of H-pyrrole nitrogens is 1. The van der Waals surface area contributed by atoms with E-state index in [2.05, 4.69) is 14.7 Å². The maximum absolute atomic E-state index is 12.2. The lowest BCUT2D eigenvalue weighted by Gasteiger charge is -2.06. The number of nitrogens with one attached hydrogen (secondary N) is 1. The van der Waals surface area contributed by atoms with E-state index in [-0.39, 0.29) is 5.56 Å². The van der Waals surface area contributed by atoms with E-state index in [0.29, 0.717) is 38.8 Å². The first-order valence-electron chi connectivity index (χ1n) is 7.03. The molecule has 0 aliphatic rings. The number of aromatic amines is 1. The molecule has 0 amide bonds. The van der Waals surface area contributed by atoms with Crippen molar-refractivity contribution in [1.82, 2.24) is 9.97 Å². The van der Waals surface area contributed by atoms with Crippen LogP contribution >= 0.6 is 23.2 Å². The van der Waals surface area contributed by atoms with E-state index in [1.165, 1.54) is 19.2 Å². The van der Waals surface area contributed by atoms with Crippen LogP contribution in [0.25, 0.3) is 10.9 Å². The third kappa shape index (κ3) is 3.27. The van der Waals surface area contributed by atoms with Crippen molar-refractivity contribution in [1.29, 1.82) is 0 Å². The number of aromatic nitrogens is 2. The highest BCUT2D eigenvalue weighted by molar-refractivity contribution is 6.42. The summed E-state index contributed by atoms with van der Waals surface area (Å²) < 4.78 is 4.69. The van der Waals surface area contributed by atoms with Crippen molar-refractivity contribution in [2.45, 2.75) is 6.42 Å². The van der Waals surface area contributed by atoms with Gasteiger partial charge in [0.2, 0.25) is 0 Å². The Balaban J connectivity index is 2.03.